The molecule has 0 spiro atoms. The molecule has 1 saturated heterocycles. The van der Waals surface area contributed by atoms with Gasteiger partial charge >= 0.3 is 6.09 Å². The predicted octanol–water partition coefficient (Wildman–Crippen LogP) is 2.85. The Labute approximate surface area is 162 Å². The van der Waals surface area contributed by atoms with Crippen LogP contribution >= 0.6 is 0 Å². The van der Waals surface area contributed by atoms with Crippen molar-refractivity contribution >= 4 is 12.0 Å². The molecule has 0 saturated carbocycles. The van der Waals surface area contributed by atoms with Crippen LogP contribution < -0.4 is 10.6 Å². The maximum atomic E-state index is 12.3. The predicted molar refractivity (Wildman–Crippen MR) is 106 cm³/mol. The van der Waals surface area contributed by atoms with Gasteiger partial charge in [-0.2, -0.15) is 0 Å². The summed E-state index contributed by atoms with van der Waals surface area (Å²) in [7, 11) is 0. The van der Waals surface area contributed by atoms with Crippen molar-refractivity contribution in [2.45, 2.75) is 59.2 Å². The Balaban J connectivity index is 1.73. The summed E-state index contributed by atoms with van der Waals surface area (Å²) in [5, 5.41) is 5.85. The monoisotopic (exact) mass is 375 g/mol. The second-order valence-corrected chi connectivity index (χ2v) is 8.47. The molecule has 2 N–H and O–H groups in total. The van der Waals surface area contributed by atoms with Crippen molar-refractivity contribution in [3.63, 3.8) is 0 Å². The standard InChI is InChI=1S/C21H33N3O3/c1-15-8-6-7-9-18(15)12-22-19(25)14-24-13-17(10-16(24)2)11-23-20(26)27-21(3,4)5/h6-9,16-17H,10-14H2,1-5H3,(H,22,25)(H,23,26)/t16-,17+/m0/s1. The van der Waals surface area contributed by atoms with Crippen molar-refractivity contribution in [1.82, 2.24) is 15.5 Å². The minimum Gasteiger partial charge on any atom is -0.444 e. The maximum absolute atomic E-state index is 12.3. The molecule has 0 aliphatic carbocycles. The molecule has 1 heterocycles. The third-order valence-corrected chi connectivity index (χ3v) is 4.81. The molecule has 1 fully saturated rings. The van der Waals surface area contributed by atoms with Crippen LogP contribution in [0.5, 0.6) is 0 Å². The van der Waals surface area contributed by atoms with E-state index in [-0.39, 0.29) is 12.0 Å². The fourth-order valence-corrected chi connectivity index (χ4v) is 3.37. The zero-order chi connectivity index (χ0) is 20.0. The Hall–Kier alpha value is -2.08. The Morgan fingerprint density at radius 2 is 1.93 bits per heavy atom. The van der Waals surface area contributed by atoms with Crippen molar-refractivity contribution in [3.05, 3.63) is 35.4 Å². The van der Waals surface area contributed by atoms with E-state index < -0.39 is 5.60 Å². The SMILES string of the molecule is Cc1ccccc1CNC(=O)CN1C[C@@H](CNC(=O)OC(C)(C)C)C[C@@H]1C. The molecule has 150 valence electrons. The first-order chi connectivity index (χ1) is 12.6. The number of likely N-dealkylation sites (tertiary alicyclic amines) is 1. The molecule has 1 aliphatic rings. The van der Waals surface area contributed by atoms with E-state index in [0.717, 1.165) is 18.5 Å². The smallest absolute Gasteiger partial charge is 0.407 e. The molecule has 2 rings (SSSR count). The van der Waals surface area contributed by atoms with Crippen LogP contribution in [0.15, 0.2) is 24.3 Å². The van der Waals surface area contributed by atoms with Gasteiger partial charge in [-0.25, -0.2) is 4.79 Å². The van der Waals surface area contributed by atoms with E-state index in [1.165, 1.54) is 5.56 Å². The van der Waals surface area contributed by atoms with E-state index >= 15 is 0 Å². The first-order valence-electron chi connectivity index (χ1n) is 9.66. The van der Waals surface area contributed by atoms with E-state index in [1.54, 1.807) is 0 Å². The molecule has 1 aromatic carbocycles. The van der Waals surface area contributed by atoms with Crippen LogP contribution in [0.25, 0.3) is 0 Å². The number of benzene rings is 1. The summed E-state index contributed by atoms with van der Waals surface area (Å²) in [6.45, 7) is 12.0. The number of amides is 2. The zero-order valence-electron chi connectivity index (χ0n) is 17.2. The van der Waals surface area contributed by atoms with Gasteiger partial charge in [-0.15, -0.1) is 0 Å². The highest BCUT2D eigenvalue weighted by Crippen LogP contribution is 2.22. The fourth-order valence-electron chi connectivity index (χ4n) is 3.37. The average molecular weight is 376 g/mol. The summed E-state index contributed by atoms with van der Waals surface area (Å²) in [4.78, 5) is 26.3. The number of ether oxygens (including phenoxy) is 1. The van der Waals surface area contributed by atoms with Crippen molar-refractivity contribution in [2.24, 2.45) is 5.92 Å². The number of alkyl carbamates (subject to hydrolysis) is 1. The molecular formula is C21H33N3O3. The number of carbonyl (C=O) groups excluding carboxylic acids is 2. The number of aryl methyl sites for hydroxylation is 1. The first kappa shape index (κ1) is 21.2. The molecule has 0 unspecified atom stereocenters. The van der Waals surface area contributed by atoms with Crippen LogP contribution in [-0.2, 0) is 16.1 Å². The zero-order valence-corrected chi connectivity index (χ0v) is 17.2. The number of carbonyl (C=O) groups is 2. The number of nitrogens with zero attached hydrogens (tertiary/aromatic N) is 1. The summed E-state index contributed by atoms with van der Waals surface area (Å²) in [6, 6.07) is 8.38. The van der Waals surface area contributed by atoms with Gasteiger partial charge in [0.1, 0.15) is 5.60 Å². The van der Waals surface area contributed by atoms with Gasteiger partial charge in [0.15, 0.2) is 0 Å². The van der Waals surface area contributed by atoms with Crippen molar-refractivity contribution in [2.75, 3.05) is 19.6 Å². The van der Waals surface area contributed by atoms with Crippen molar-refractivity contribution in [3.8, 4) is 0 Å². The second-order valence-electron chi connectivity index (χ2n) is 8.47. The van der Waals surface area contributed by atoms with Crippen LogP contribution in [0.4, 0.5) is 4.79 Å². The Morgan fingerprint density at radius 1 is 1.22 bits per heavy atom. The maximum Gasteiger partial charge on any atom is 0.407 e. The number of hydrogen-bond donors (Lipinski definition) is 2. The number of hydrogen-bond acceptors (Lipinski definition) is 4. The van der Waals surface area contributed by atoms with Crippen LogP contribution in [0.3, 0.4) is 0 Å². The lowest BCUT2D eigenvalue weighted by Gasteiger charge is -2.21. The largest absolute Gasteiger partial charge is 0.444 e. The molecule has 2 atom stereocenters. The van der Waals surface area contributed by atoms with Crippen LogP contribution in [0, 0.1) is 12.8 Å². The third kappa shape index (κ3) is 7.21. The summed E-state index contributed by atoms with van der Waals surface area (Å²) in [6.07, 6.45) is 0.575. The topological polar surface area (TPSA) is 70.7 Å². The molecule has 1 aliphatic heterocycles. The normalized spacial score (nSPS) is 20.3. The highest BCUT2D eigenvalue weighted by Gasteiger charge is 2.30. The van der Waals surface area contributed by atoms with Gasteiger partial charge in [-0.1, -0.05) is 24.3 Å². The summed E-state index contributed by atoms with van der Waals surface area (Å²) < 4.78 is 5.27. The molecule has 2 amide bonds. The second kappa shape index (κ2) is 9.22. The van der Waals surface area contributed by atoms with Gasteiger partial charge in [-0.3, -0.25) is 9.69 Å². The molecule has 6 heteroatoms. The molecule has 0 bridgehead atoms. The van der Waals surface area contributed by atoms with Crippen LogP contribution in [0.1, 0.15) is 45.2 Å². The van der Waals surface area contributed by atoms with Crippen molar-refractivity contribution < 1.29 is 14.3 Å². The molecule has 0 radical (unpaired) electrons. The lowest BCUT2D eigenvalue weighted by molar-refractivity contribution is -0.122. The molecule has 6 nitrogen and oxygen atoms in total. The first-order valence-corrected chi connectivity index (χ1v) is 9.66. The summed E-state index contributed by atoms with van der Waals surface area (Å²) in [5.74, 6) is 0.363. The van der Waals surface area contributed by atoms with Gasteiger partial charge in [0.2, 0.25) is 5.91 Å². The number of rotatable bonds is 6. The van der Waals surface area contributed by atoms with E-state index in [0.29, 0.717) is 31.6 Å². The number of nitrogens with one attached hydrogen (secondary N) is 2. The van der Waals surface area contributed by atoms with E-state index in [4.69, 9.17) is 4.74 Å². The Morgan fingerprint density at radius 3 is 2.59 bits per heavy atom. The summed E-state index contributed by atoms with van der Waals surface area (Å²) >= 11 is 0. The van der Waals surface area contributed by atoms with Gasteiger partial charge in [0.25, 0.3) is 0 Å². The quantitative estimate of drug-likeness (QED) is 0.802. The Bertz CT molecular complexity index is 654. The molecular weight excluding hydrogens is 342 g/mol. The van der Waals surface area contributed by atoms with Crippen LogP contribution in [-0.4, -0.2) is 48.2 Å². The van der Waals surface area contributed by atoms with Gasteiger partial charge in [0.05, 0.1) is 6.54 Å². The fraction of sp³-hybridized carbons (Fsp3) is 0.619. The highest BCUT2D eigenvalue weighted by atomic mass is 16.6. The van der Waals surface area contributed by atoms with Gasteiger partial charge in [-0.05, 0) is 58.1 Å². The van der Waals surface area contributed by atoms with Crippen LogP contribution in [0.2, 0.25) is 0 Å². The Kier molecular flexibility index (Phi) is 7.25. The third-order valence-electron chi connectivity index (χ3n) is 4.81. The van der Waals surface area contributed by atoms with Gasteiger partial charge < -0.3 is 15.4 Å². The average Bonchev–Trinajstić information content (AvgIpc) is 2.90. The minimum atomic E-state index is -0.492. The van der Waals surface area contributed by atoms with E-state index in [2.05, 4.69) is 22.5 Å². The van der Waals surface area contributed by atoms with E-state index in [9.17, 15) is 9.59 Å². The van der Waals surface area contributed by atoms with Gasteiger partial charge in [0, 0.05) is 25.7 Å². The summed E-state index contributed by atoms with van der Waals surface area (Å²) in [5.41, 5.74) is 1.83. The lowest BCUT2D eigenvalue weighted by atomic mass is 10.1. The lowest BCUT2D eigenvalue weighted by Crippen LogP contribution is -2.39. The highest BCUT2D eigenvalue weighted by molar-refractivity contribution is 5.78. The molecule has 27 heavy (non-hydrogen) atoms. The minimum absolute atomic E-state index is 0.0332. The molecule has 0 aromatic heterocycles. The van der Waals surface area contributed by atoms with Crippen molar-refractivity contribution in [1.29, 1.82) is 0 Å². The van der Waals surface area contributed by atoms with E-state index in [1.807, 2.05) is 52.0 Å². The molecule has 1 aromatic rings.